The molecule has 3 nitrogen and oxygen atoms in total. The van der Waals surface area contributed by atoms with Crippen molar-refractivity contribution in [1.29, 1.82) is 5.26 Å². The van der Waals surface area contributed by atoms with Crippen molar-refractivity contribution >= 4 is 0 Å². The molecule has 1 fully saturated rings. The summed E-state index contributed by atoms with van der Waals surface area (Å²) in [5.74, 6) is 0. The third kappa shape index (κ3) is 4.96. The molecule has 1 aliphatic rings. The Labute approximate surface area is 99.0 Å². The van der Waals surface area contributed by atoms with Gasteiger partial charge in [0.15, 0.2) is 0 Å². The Morgan fingerprint density at radius 2 is 2.12 bits per heavy atom. The molecule has 0 radical (unpaired) electrons. The van der Waals surface area contributed by atoms with Gasteiger partial charge >= 0.3 is 0 Å². The van der Waals surface area contributed by atoms with Crippen LogP contribution in [0.3, 0.4) is 0 Å². The van der Waals surface area contributed by atoms with Crippen LogP contribution in [0.4, 0.5) is 0 Å². The number of nitrogens with zero attached hydrogens (tertiary/aromatic N) is 1. The fourth-order valence-corrected chi connectivity index (χ4v) is 2.10. The smallest absolute Gasteiger partial charge is 0.0683 e. The lowest BCUT2D eigenvalue weighted by molar-refractivity contribution is 0.0541. The maximum absolute atomic E-state index is 8.86. The van der Waals surface area contributed by atoms with E-state index in [9.17, 15) is 0 Å². The van der Waals surface area contributed by atoms with E-state index in [2.05, 4.69) is 6.07 Å². The van der Waals surface area contributed by atoms with E-state index < -0.39 is 0 Å². The van der Waals surface area contributed by atoms with E-state index >= 15 is 0 Å². The zero-order chi connectivity index (χ0) is 12.0. The van der Waals surface area contributed by atoms with Crippen LogP contribution in [0.1, 0.15) is 52.4 Å². The van der Waals surface area contributed by atoms with E-state index in [-0.39, 0.29) is 5.41 Å². The van der Waals surface area contributed by atoms with Gasteiger partial charge in [0.1, 0.15) is 0 Å². The molecule has 0 bridgehead atoms. The SMILES string of the molecule is CC(C)(C#N)CCCCOC1CCC(N)C1. The van der Waals surface area contributed by atoms with Gasteiger partial charge in [-0.1, -0.05) is 0 Å². The van der Waals surface area contributed by atoms with Gasteiger partial charge in [-0.05, 0) is 52.4 Å². The molecule has 2 atom stereocenters. The normalized spacial score (nSPS) is 25.6. The number of ether oxygens (including phenoxy) is 1. The van der Waals surface area contributed by atoms with Crippen molar-refractivity contribution in [3.8, 4) is 6.07 Å². The van der Waals surface area contributed by atoms with Gasteiger partial charge in [-0.3, -0.25) is 0 Å². The number of hydrogen-bond acceptors (Lipinski definition) is 3. The summed E-state index contributed by atoms with van der Waals surface area (Å²) in [4.78, 5) is 0. The maximum atomic E-state index is 8.86. The van der Waals surface area contributed by atoms with Crippen LogP contribution in [-0.4, -0.2) is 18.8 Å². The predicted octanol–water partition coefficient (Wildman–Crippen LogP) is 2.60. The minimum atomic E-state index is -0.185. The number of nitrogens with two attached hydrogens (primary N) is 1. The minimum Gasteiger partial charge on any atom is -0.378 e. The Hall–Kier alpha value is -0.590. The van der Waals surface area contributed by atoms with Crippen LogP contribution in [0.15, 0.2) is 0 Å². The number of unbranched alkanes of at least 4 members (excludes halogenated alkanes) is 1. The van der Waals surface area contributed by atoms with Crippen molar-refractivity contribution in [2.24, 2.45) is 11.1 Å². The molecule has 1 saturated carbocycles. The van der Waals surface area contributed by atoms with Gasteiger partial charge in [0.25, 0.3) is 0 Å². The van der Waals surface area contributed by atoms with Crippen molar-refractivity contribution in [2.75, 3.05) is 6.61 Å². The van der Waals surface area contributed by atoms with E-state index in [4.69, 9.17) is 15.7 Å². The molecule has 0 saturated heterocycles. The Bertz CT molecular complexity index is 245. The lowest BCUT2D eigenvalue weighted by atomic mass is 9.89. The Balaban J connectivity index is 1.99. The second kappa shape index (κ2) is 6.22. The van der Waals surface area contributed by atoms with Crippen molar-refractivity contribution in [3.63, 3.8) is 0 Å². The zero-order valence-corrected chi connectivity index (χ0v) is 10.5. The van der Waals surface area contributed by atoms with Gasteiger partial charge in [-0.15, -0.1) is 0 Å². The highest BCUT2D eigenvalue weighted by Crippen LogP contribution is 2.23. The van der Waals surface area contributed by atoms with Gasteiger partial charge in [0, 0.05) is 12.6 Å². The molecule has 0 amide bonds. The first kappa shape index (κ1) is 13.5. The van der Waals surface area contributed by atoms with Crippen LogP contribution in [0.2, 0.25) is 0 Å². The van der Waals surface area contributed by atoms with E-state index in [0.717, 1.165) is 45.1 Å². The van der Waals surface area contributed by atoms with E-state index in [0.29, 0.717) is 12.1 Å². The molecule has 0 aliphatic heterocycles. The Morgan fingerprint density at radius 1 is 1.38 bits per heavy atom. The maximum Gasteiger partial charge on any atom is 0.0683 e. The van der Waals surface area contributed by atoms with E-state index in [1.807, 2.05) is 13.8 Å². The average molecular weight is 224 g/mol. The van der Waals surface area contributed by atoms with Crippen LogP contribution in [0, 0.1) is 16.7 Å². The third-order valence-electron chi connectivity index (χ3n) is 3.28. The van der Waals surface area contributed by atoms with E-state index in [1.165, 1.54) is 0 Å². The van der Waals surface area contributed by atoms with Crippen molar-refractivity contribution in [2.45, 2.75) is 64.5 Å². The van der Waals surface area contributed by atoms with Crippen LogP contribution >= 0.6 is 0 Å². The molecular formula is C13H24N2O. The highest BCUT2D eigenvalue weighted by molar-refractivity contribution is 4.91. The summed E-state index contributed by atoms with van der Waals surface area (Å²) in [6.45, 7) is 4.80. The summed E-state index contributed by atoms with van der Waals surface area (Å²) >= 11 is 0. The molecule has 92 valence electrons. The summed E-state index contributed by atoms with van der Waals surface area (Å²) in [7, 11) is 0. The molecule has 0 spiro atoms. The number of rotatable bonds is 6. The lowest BCUT2D eigenvalue weighted by Crippen LogP contribution is -2.18. The first-order valence-corrected chi connectivity index (χ1v) is 6.32. The predicted molar refractivity (Wildman–Crippen MR) is 64.8 cm³/mol. The van der Waals surface area contributed by atoms with Crippen molar-refractivity contribution in [3.05, 3.63) is 0 Å². The van der Waals surface area contributed by atoms with Crippen LogP contribution in [0.5, 0.6) is 0 Å². The Morgan fingerprint density at radius 3 is 2.69 bits per heavy atom. The highest BCUT2D eigenvalue weighted by atomic mass is 16.5. The van der Waals surface area contributed by atoms with Gasteiger partial charge in [-0.25, -0.2) is 0 Å². The molecule has 1 rings (SSSR count). The minimum absolute atomic E-state index is 0.185. The van der Waals surface area contributed by atoms with Gasteiger partial charge < -0.3 is 10.5 Å². The van der Waals surface area contributed by atoms with Gasteiger partial charge in [0.2, 0.25) is 0 Å². The lowest BCUT2D eigenvalue weighted by Gasteiger charge is -2.15. The molecule has 16 heavy (non-hydrogen) atoms. The van der Waals surface area contributed by atoms with Crippen molar-refractivity contribution in [1.82, 2.24) is 0 Å². The fourth-order valence-electron chi connectivity index (χ4n) is 2.10. The third-order valence-corrected chi connectivity index (χ3v) is 3.28. The second-order valence-electron chi connectivity index (χ2n) is 5.52. The molecule has 1 aliphatic carbocycles. The molecule has 2 N–H and O–H groups in total. The molecule has 0 heterocycles. The summed E-state index contributed by atoms with van der Waals surface area (Å²) in [5.41, 5.74) is 5.63. The highest BCUT2D eigenvalue weighted by Gasteiger charge is 2.22. The average Bonchev–Trinajstić information content (AvgIpc) is 2.64. The van der Waals surface area contributed by atoms with E-state index in [1.54, 1.807) is 0 Å². The van der Waals surface area contributed by atoms with Crippen LogP contribution in [0.25, 0.3) is 0 Å². The number of nitriles is 1. The molecular weight excluding hydrogens is 200 g/mol. The largest absolute Gasteiger partial charge is 0.378 e. The molecule has 0 aromatic heterocycles. The molecule has 0 aromatic rings. The number of hydrogen-bond donors (Lipinski definition) is 1. The summed E-state index contributed by atoms with van der Waals surface area (Å²) in [6.07, 6.45) is 6.70. The molecule has 2 unspecified atom stereocenters. The topological polar surface area (TPSA) is 59.0 Å². The quantitative estimate of drug-likeness (QED) is 0.705. The summed E-state index contributed by atoms with van der Waals surface area (Å²) in [5, 5.41) is 8.86. The molecule has 0 aromatic carbocycles. The monoisotopic (exact) mass is 224 g/mol. The standard InChI is InChI=1S/C13H24N2O/c1-13(2,10-14)7-3-4-8-16-12-6-5-11(15)9-12/h11-12H,3-9,15H2,1-2H3. The Kier molecular flexibility index (Phi) is 5.24. The van der Waals surface area contributed by atoms with Crippen LogP contribution in [-0.2, 0) is 4.74 Å². The first-order valence-electron chi connectivity index (χ1n) is 6.32. The summed E-state index contributed by atoms with van der Waals surface area (Å²) in [6, 6.07) is 2.67. The van der Waals surface area contributed by atoms with Gasteiger partial charge in [-0.2, -0.15) is 5.26 Å². The zero-order valence-electron chi connectivity index (χ0n) is 10.5. The summed E-state index contributed by atoms with van der Waals surface area (Å²) < 4.78 is 5.76. The second-order valence-corrected chi connectivity index (χ2v) is 5.52. The van der Waals surface area contributed by atoms with Crippen molar-refractivity contribution < 1.29 is 4.74 Å². The fraction of sp³-hybridized carbons (Fsp3) is 0.923. The van der Waals surface area contributed by atoms with Gasteiger partial charge in [0.05, 0.1) is 17.6 Å². The first-order chi connectivity index (χ1) is 7.53. The van der Waals surface area contributed by atoms with Crippen LogP contribution < -0.4 is 5.73 Å². The molecule has 3 heteroatoms.